The summed E-state index contributed by atoms with van der Waals surface area (Å²) in [5.74, 6) is 0.898. The minimum Gasteiger partial charge on any atom is -0.464 e. The summed E-state index contributed by atoms with van der Waals surface area (Å²) >= 11 is 0. The van der Waals surface area contributed by atoms with Crippen LogP contribution in [0.5, 0.6) is 0 Å². The minimum absolute atomic E-state index is 0.898. The lowest BCUT2D eigenvalue weighted by molar-refractivity contribution is 0.581. The molecule has 1 aromatic heterocycles. The quantitative estimate of drug-likeness (QED) is 0.602. The van der Waals surface area contributed by atoms with Crippen LogP contribution in [0.3, 0.4) is 0 Å². The topological polar surface area (TPSA) is 13.1 Å². The molecule has 0 amide bonds. The van der Waals surface area contributed by atoms with Gasteiger partial charge in [0.2, 0.25) is 0 Å². The molecule has 0 saturated carbocycles. The Hall–Kier alpha value is -2.54. The molecule has 1 nitrogen and oxygen atoms in total. The van der Waals surface area contributed by atoms with Crippen molar-refractivity contribution in [1.82, 2.24) is 0 Å². The lowest BCUT2D eigenvalue weighted by Crippen LogP contribution is -1.81. The minimum atomic E-state index is 0.898. The first-order valence-corrected chi connectivity index (χ1v) is 7.03. The fourth-order valence-electron chi connectivity index (χ4n) is 2.30. The molecule has 103 valence electrons. The van der Waals surface area contributed by atoms with E-state index in [-0.39, 0.29) is 0 Å². The Morgan fingerprint density at radius 1 is 0.857 bits per heavy atom. The first kappa shape index (κ1) is 13.4. The number of allylic oxidation sites excluding steroid dienone is 1. The van der Waals surface area contributed by atoms with Crippen molar-refractivity contribution < 1.29 is 4.42 Å². The Balaban J connectivity index is 1.74. The lowest BCUT2D eigenvalue weighted by atomic mass is 10.1. The van der Waals surface area contributed by atoms with Gasteiger partial charge >= 0.3 is 0 Å². The molecular weight excluding hydrogens is 256 g/mol. The summed E-state index contributed by atoms with van der Waals surface area (Å²) in [6.45, 7) is 2.10. The highest BCUT2D eigenvalue weighted by Crippen LogP contribution is 2.24. The van der Waals surface area contributed by atoms with Crippen LogP contribution < -0.4 is 0 Å². The van der Waals surface area contributed by atoms with E-state index in [4.69, 9.17) is 4.42 Å². The van der Waals surface area contributed by atoms with E-state index in [9.17, 15) is 0 Å². The monoisotopic (exact) mass is 273 g/mol. The largest absolute Gasteiger partial charge is 0.464 e. The fourth-order valence-corrected chi connectivity index (χ4v) is 2.30. The van der Waals surface area contributed by atoms with E-state index in [1.807, 2.05) is 36.4 Å². The summed E-state index contributed by atoms with van der Waals surface area (Å²) < 4.78 is 5.64. The van der Waals surface area contributed by atoms with Crippen LogP contribution >= 0.6 is 0 Å². The van der Waals surface area contributed by atoms with Crippen LogP contribution in [0.15, 0.2) is 83.0 Å². The van der Waals surface area contributed by atoms with Gasteiger partial charge in [-0.25, -0.2) is 0 Å². The molecule has 2 aromatic carbocycles. The maximum atomic E-state index is 5.64. The summed E-state index contributed by atoms with van der Waals surface area (Å²) in [6.07, 6.45) is 6.09. The maximum Gasteiger partial charge on any atom is 0.134 e. The van der Waals surface area contributed by atoms with Gasteiger partial charge in [-0.05, 0) is 24.1 Å². The van der Waals surface area contributed by atoms with Gasteiger partial charge in [0.05, 0.1) is 6.26 Å². The zero-order valence-electron chi connectivity index (χ0n) is 12.0. The van der Waals surface area contributed by atoms with Crippen molar-refractivity contribution in [3.05, 3.63) is 96.1 Å². The van der Waals surface area contributed by atoms with E-state index >= 15 is 0 Å². The predicted molar refractivity (Wildman–Crippen MR) is 87.6 cm³/mol. The third kappa shape index (κ3) is 3.51. The van der Waals surface area contributed by atoms with Crippen LogP contribution in [0.4, 0.5) is 0 Å². The summed E-state index contributed by atoms with van der Waals surface area (Å²) in [6, 6.07) is 22.5. The van der Waals surface area contributed by atoms with Crippen LogP contribution in [0.1, 0.15) is 18.1 Å². The zero-order valence-corrected chi connectivity index (χ0v) is 12.0. The second-order valence-electron chi connectivity index (χ2n) is 5.05. The smallest absolute Gasteiger partial charge is 0.134 e. The molecule has 0 spiro atoms. The predicted octanol–water partition coefficient (Wildman–Crippen LogP) is 5.60. The van der Waals surface area contributed by atoms with Gasteiger partial charge in [-0.1, -0.05) is 72.3 Å². The van der Waals surface area contributed by atoms with Crippen molar-refractivity contribution in [1.29, 1.82) is 0 Å². The molecule has 1 heterocycles. The average Bonchev–Trinajstić information content (AvgIpc) is 2.97. The summed E-state index contributed by atoms with van der Waals surface area (Å²) in [7, 11) is 0. The van der Waals surface area contributed by atoms with Crippen molar-refractivity contribution in [3.8, 4) is 11.3 Å². The number of benzene rings is 2. The second kappa shape index (κ2) is 6.27. The molecule has 0 unspecified atom stereocenters. The van der Waals surface area contributed by atoms with Gasteiger partial charge in [0.25, 0.3) is 0 Å². The Kier molecular flexibility index (Phi) is 4.02. The Bertz CT molecular complexity index is 721. The molecule has 0 aliphatic rings. The first-order chi connectivity index (χ1) is 10.3. The van der Waals surface area contributed by atoms with Gasteiger partial charge in [0.1, 0.15) is 5.76 Å². The van der Waals surface area contributed by atoms with Crippen LogP contribution in [0, 0.1) is 6.42 Å². The van der Waals surface area contributed by atoms with Gasteiger partial charge in [-0.15, -0.1) is 0 Å². The molecule has 3 rings (SSSR count). The van der Waals surface area contributed by atoms with Crippen LogP contribution in [0.25, 0.3) is 17.4 Å². The third-order valence-electron chi connectivity index (χ3n) is 3.27. The second-order valence-corrected chi connectivity index (χ2v) is 5.05. The Morgan fingerprint density at radius 3 is 2.24 bits per heavy atom. The molecule has 21 heavy (non-hydrogen) atoms. The van der Waals surface area contributed by atoms with Crippen molar-refractivity contribution in [2.24, 2.45) is 0 Å². The van der Waals surface area contributed by atoms with Crippen molar-refractivity contribution in [2.45, 2.75) is 6.92 Å². The van der Waals surface area contributed by atoms with Crippen LogP contribution in [-0.2, 0) is 0 Å². The highest BCUT2D eigenvalue weighted by atomic mass is 16.3. The highest BCUT2D eigenvalue weighted by Gasteiger charge is 2.05. The first-order valence-electron chi connectivity index (χ1n) is 7.03. The van der Waals surface area contributed by atoms with Crippen molar-refractivity contribution in [3.63, 3.8) is 0 Å². The van der Waals surface area contributed by atoms with Gasteiger partial charge in [-0.3, -0.25) is 0 Å². The summed E-state index contributed by atoms with van der Waals surface area (Å²) in [5.41, 5.74) is 4.58. The van der Waals surface area contributed by atoms with Crippen LogP contribution in [0.2, 0.25) is 0 Å². The normalized spacial score (nSPS) is 11.6. The molecule has 0 aliphatic heterocycles. The number of furan rings is 1. The van der Waals surface area contributed by atoms with Gasteiger partial charge in [-0.2, -0.15) is 0 Å². The summed E-state index contributed by atoms with van der Waals surface area (Å²) in [4.78, 5) is 0. The third-order valence-corrected chi connectivity index (χ3v) is 3.27. The van der Waals surface area contributed by atoms with Gasteiger partial charge in [0, 0.05) is 12.0 Å². The number of hydrogen-bond donors (Lipinski definition) is 0. The molecule has 3 aromatic rings. The zero-order chi connectivity index (χ0) is 14.5. The molecule has 0 N–H and O–H groups in total. The van der Waals surface area contributed by atoms with Gasteiger partial charge < -0.3 is 4.42 Å². The Labute approximate surface area is 125 Å². The van der Waals surface area contributed by atoms with E-state index < -0.39 is 0 Å². The average molecular weight is 273 g/mol. The van der Waals surface area contributed by atoms with Crippen molar-refractivity contribution in [2.75, 3.05) is 0 Å². The summed E-state index contributed by atoms with van der Waals surface area (Å²) in [5, 5.41) is 0. The molecule has 0 atom stereocenters. The SMILES string of the molecule is C/C([CH]c1coc(-c2ccccc2)c1)=C/c1ccccc1. The maximum absolute atomic E-state index is 5.64. The Morgan fingerprint density at radius 2 is 1.52 bits per heavy atom. The van der Waals surface area contributed by atoms with Crippen LogP contribution in [-0.4, -0.2) is 0 Å². The molecule has 1 radical (unpaired) electrons. The number of rotatable bonds is 4. The molecule has 0 aliphatic carbocycles. The van der Waals surface area contributed by atoms with E-state index in [0.717, 1.165) is 16.9 Å². The lowest BCUT2D eigenvalue weighted by Gasteiger charge is -1.98. The molecule has 0 fully saturated rings. The fraction of sp³-hybridized carbons (Fsp3) is 0.0500. The molecule has 1 heteroatoms. The molecule has 0 bridgehead atoms. The molecule has 0 saturated heterocycles. The van der Waals surface area contributed by atoms with E-state index in [1.165, 1.54) is 11.1 Å². The standard InChI is InChI=1S/C20H17O/c1-16(12-17-8-4-2-5-9-17)13-18-14-20(21-15-18)19-10-6-3-7-11-19/h2-15H,1H3/b16-12-. The van der Waals surface area contributed by atoms with Crippen molar-refractivity contribution >= 4 is 6.08 Å². The van der Waals surface area contributed by atoms with E-state index in [1.54, 1.807) is 6.26 Å². The van der Waals surface area contributed by atoms with Gasteiger partial charge in [0.15, 0.2) is 0 Å². The molecular formula is C20H17O. The van der Waals surface area contributed by atoms with E-state index in [2.05, 4.69) is 49.8 Å². The highest BCUT2D eigenvalue weighted by molar-refractivity contribution is 5.61. The van der Waals surface area contributed by atoms with E-state index in [0.29, 0.717) is 0 Å². The number of hydrogen-bond acceptors (Lipinski definition) is 1.